The molecule has 0 amide bonds. The summed E-state index contributed by atoms with van der Waals surface area (Å²) in [5.74, 6) is 1.02. The van der Waals surface area contributed by atoms with E-state index in [4.69, 9.17) is 15.2 Å². The summed E-state index contributed by atoms with van der Waals surface area (Å²) in [6, 6.07) is 0. The summed E-state index contributed by atoms with van der Waals surface area (Å²) in [7, 11) is 1.86. The van der Waals surface area contributed by atoms with Crippen LogP contribution in [0.25, 0.3) is 0 Å². The number of ether oxygens (including phenoxy) is 2. The molecule has 3 aliphatic carbocycles. The molecule has 24 heavy (non-hydrogen) atoms. The maximum atomic E-state index is 6.23. The molecule has 0 bridgehead atoms. The van der Waals surface area contributed by atoms with Gasteiger partial charge in [-0.05, 0) is 43.6 Å². The molecule has 0 aromatic carbocycles. The summed E-state index contributed by atoms with van der Waals surface area (Å²) in [6.45, 7) is 0. The average Bonchev–Trinajstić information content (AvgIpc) is 2.59. The molecule has 0 saturated carbocycles. The smallest absolute Gasteiger partial charge is 0.119 e. The summed E-state index contributed by atoms with van der Waals surface area (Å²) >= 11 is 0. The monoisotopic (exact) mass is 329 g/mol. The first kappa shape index (κ1) is 16.9. The lowest BCUT2D eigenvalue weighted by Gasteiger charge is -2.30. The Bertz CT molecular complexity index is 589. The summed E-state index contributed by atoms with van der Waals surface area (Å²) < 4.78 is 12.3. The summed E-state index contributed by atoms with van der Waals surface area (Å²) in [6.07, 6.45) is 19.5. The van der Waals surface area contributed by atoms with E-state index in [-0.39, 0.29) is 18.3 Å². The number of hydrazine groups is 1. The highest BCUT2D eigenvalue weighted by atomic mass is 16.5. The van der Waals surface area contributed by atoms with E-state index in [0.29, 0.717) is 0 Å². The van der Waals surface area contributed by atoms with Gasteiger partial charge in [-0.3, -0.25) is 0 Å². The number of rotatable bonds is 6. The van der Waals surface area contributed by atoms with E-state index in [2.05, 4.69) is 41.2 Å². The Kier molecular flexibility index (Phi) is 5.77. The molecule has 0 aromatic rings. The fourth-order valence-electron chi connectivity index (χ4n) is 3.13. The molecule has 0 aliphatic heterocycles. The fourth-order valence-corrected chi connectivity index (χ4v) is 3.13. The van der Waals surface area contributed by atoms with E-state index >= 15 is 0 Å². The Labute approximate surface area is 143 Å². The number of hydrogen-bond donors (Lipinski definition) is 3. The lowest BCUT2D eigenvalue weighted by atomic mass is 10.0. The Balaban J connectivity index is 1.47. The number of nitrogens with one attached hydrogen (secondary N) is 2. The third-order valence-electron chi connectivity index (χ3n) is 4.39. The van der Waals surface area contributed by atoms with Crippen LogP contribution in [0.4, 0.5) is 0 Å². The Morgan fingerprint density at radius 2 is 2.04 bits per heavy atom. The lowest BCUT2D eigenvalue weighted by molar-refractivity contribution is -0.0169. The molecule has 0 heterocycles. The maximum Gasteiger partial charge on any atom is 0.119 e. The molecule has 0 saturated heterocycles. The number of allylic oxidation sites excluding steroid dienone is 5. The van der Waals surface area contributed by atoms with Crippen molar-refractivity contribution in [2.45, 2.75) is 50.4 Å². The minimum absolute atomic E-state index is 0.0901. The van der Waals surface area contributed by atoms with Crippen molar-refractivity contribution in [3.8, 4) is 0 Å². The molecule has 4 N–H and O–H groups in total. The van der Waals surface area contributed by atoms with Crippen molar-refractivity contribution in [2.24, 2.45) is 5.73 Å². The van der Waals surface area contributed by atoms with Crippen molar-refractivity contribution in [2.75, 3.05) is 7.05 Å². The molecule has 0 aromatic heterocycles. The van der Waals surface area contributed by atoms with Crippen molar-refractivity contribution in [3.05, 3.63) is 59.7 Å². The average molecular weight is 329 g/mol. The fraction of sp³-hybridized carbons (Fsp3) is 0.474. The Morgan fingerprint density at radius 1 is 1.12 bits per heavy atom. The van der Waals surface area contributed by atoms with E-state index in [1.165, 1.54) is 0 Å². The standard InChI is InChI=1S/C19H27N3O2/c1-21-22-15-7-11-17(12-8-15)24-19-4-2-3-18(13-19)23-16-9-5-14(20)6-10-16/h2-3,5,7-9,11,17-19,21-22H,4,6,10,12-13,20H2,1H3. The van der Waals surface area contributed by atoms with E-state index < -0.39 is 0 Å². The second-order valence-electron chi connectivity index (χ2n) is 6.36. The molecule has 0 spiro atoms. The van der Waals surface area contributed by atoms with Gasteiger partial charge in [-0.1, -0.05) is 18.2 Å². The summed E-state index contributed by atoms with van der Waals surface area (Å²) in [5, 5.41) is 0. The molecular weight excluding hydrogens is 302 g/mol. The normalized spacial score (nSPS) is 29.5. The van der Waals surface area contributed by atoms with Gasteiger partial charge in [0.15, 0.2) is 0 Å². The molecule has 3 aliphatic rings. The SMILES string of the molecule is CNNC1=CCC(OC2CC=CC(OC3=CC=C(N)CC3)C2)C=C1. The van der Waals surface area contributed by atoms with Gasteiger partial charge in [-0.2, -0.15) is 0 Å². The molecule has 3 unspecified atom stereocenters. The second kappa shape index (κ2) is 8.22. The molecular formula is C19H27N3O2. The van der Waals surface area contributed by atoms with Crippen molar-refractivity contribution >= 4 is 0 Å². The van der Waals surface area contributed by atoms with Crippen molar-refractivity contribution in [3.63, 3.8) is 0 Å². The van der Waals surface area contributed by atoms with E-state index in [9.17, 15) is 0 Å². The molecule has 0 radical (unpaired) electrons. The molecule has 130 valence electrons. The van der Waals surface area contributed by atoms with Crippen LogP contribution in [0.5, 0.6) is 0 Å². The highest BCUT2D eigenvalue weighted by Crippen LogP contribution is 2.25. The third kappa shape index (κ3) is 4.76. The minimum atomic E-state index is 0.0901. The van der Waals surface area contributed by atoms with Crippen molar-refractivity contribution < 1.29 is 9.47 Å². The molecule has 3 atom stereocenters. The van der Waals surface area contributed by atoms with Gasteiger partial charge >= 0.3 is 0 Å². The van der Waals surface area contributed by atoms with Crippen LogP contribution < -0.4 is 16.6 Å². The highest BCUT2D eigenvalue weighted by Gasteiger charge is 2.23. The summed E-state index contributed by atoms with van der Waals surface area (Å²) in [5.41, 5.74) is 13.8. The first-order valence-corrected chi connectivity index (χ1v) is 8.68. The summed E-state index contributed by atoms with van der Waals surface area (Å²) in [4.78, 5) is 0. The van der Waals surface area contributed by atoms with E-state index in [1.807, 2.05) is 19.2 Å². The van der Waals surface area contributed by atoms with Gasteiger partial charge in [0.2, 0.25) is 0 Å². The van der Waals surface area contributed by atoms with E-state index in [0.717, 1.165) is 49.3 Å². The van der Waals surface area contributed by atoms with Crippen molar-refractivity contribution in [1.82, 2.24) is 10.9 Å². The topological polar surface area (TPSA) is 68.5 Å². The third-order valence-corrected chi connectivity index (χ3v) is 4.39. The van der Waals surface area contributed by atoms with Gasteiger partial charge in [0.25, 0.3) is 0 Å². The van der Waals surface area contributed by atoms with E-state index in [1.54, 1.807) is 0 Å². The quantitative estimate of drug-likeness (QED) is 0.516. The lowest BCUT2D eigenvalue weighted by Crippen LogP contribution is -2.30. The molecule has 5 nitrogen and oxygen atoms in total. The molecule has 5 heteroatoms. The highest BCUT2D eigenvalue weighted by molar-refractivity contribution is 5.22. The number of nitrogens with two attached hydrogens (primary N) is 1. The van der Waals surface area contributed by atoms with Crippen LogP contribution >= 0.6 is 0 Å². The second-order valence-corrected chi connectivity index (χ2v) is 6.36. The minimum Gasteiger partial charge on any atom is -0.491 e. The Morgan fingerprint density at radius 3 is 2.75 bits per heavy atom. The van der Waals surface area contributed by atoms with Gasteiger partial charge in [-0.25, -0.2) is 5.43 Å². The van der Waals surface area contributed by atoms with Crippen LogP contribution in [0.2, 0.25) is 0 Å². The van der Waals surface area contributed by atoms with Gasteiger partial charge in [0, 0.05) is 31.3 Å². The van der Waals surface area contributed by atoms with Crippen LogP contribution in [0.15, 0.2) is 59.7 Å². The Hall–Kier alpha value is -1.98. The van der Waals surface area contributed by atoms with Gasteiger partial charge in [0.05, 0.1) is 18.0 Å². The number of hydrogen-bond acceptors (Lipinski definition) is 5. The van der Waals surface area contributed by atoms with Crippen LogP contribution in [0.3, 0.4) is 0 Å². The van der Waals surface area contributed by atoms with Crippen LogP contribution in [0.1, 0.15) is 32.1 Å². The van der Waals surface area contributed by atoms with Gasteiger partial charge in [0.1, 0.15) is 6.10 Å². The predicted molar refractivity (Wildman–Crippen MR) is 95.5 cm³/mol. The zero-order valence-electron chi connectivity index (χ0n) is 14.2. The van der Waals surface area contributed by atoms with Gasteiger partial charge < -0.3 is 20.6 Å². The molecule has 0 fully saturated rings. The first-order chi connectivity index (χ1) is 11.7. The first-order valence-electron chi connectivity index (χ1n) is 8.68. The zero-order valence-corrected chi connectivity index (χ0v) is 14.2. The predicted octanol–water partition coefficient (Wildman–Crippen LogP) is 2.56. The zero-order chi connectivity index (χ0) is 16.8. The van der Waals surface area contributed by atoms with Crippen molar-refractivity contribution in [1.29, 1.82) is 0 Å². The van der Waals surface area contributed by atoms with Gasteiger partial charge in [-0.15, -0.1) is 0 Å². The maximum absolute atomic E-state index is 6.23. The van der Waals surface area contributed by atoms with Crippen LogP contribution in [-0.2, 0) is 9.47 Å². The largest absolute Gasteiger partial charge is 0.491 e. The van der Waals surface area contributed by atoms with Crippen LogP contribution in [0, 0.1) is 0 Å². The molecule has 3 rings (SSSR count). The van der Waals surface area contributed by atoms with Crippen LogP contribution in [-0.4, -0.2) is 25.4 Å².